The molecule has 9 heteroatoms. The van der Waals surface area contributed by atoms with Gasteiger partial charge in [-0.05, 0) is 17.7 Å². The summed E-state index contributed by atoms with van der Waals surface area (Å²) in [6.07, 6.45) is 1.25. The second-order valence-electron chi connectivity index (χ2n) is 6.58. The third kappa shape index (κ3) is 4.13. The molecule has 1 aliphatic rings. The average Bonchev–Trinajstić information content (AvgIpc) is 3.34. The lowest BCUT2D eigenvalue weighted by Gasteiger charge is -2.13. The van der Waals surface area contributed by atoms with Crippen LogP contribution in [-0.4, -0.2) is 44.0 Å². The molecule has 1 saturated heterocycles. The molecule has 0 radical (unpaired) electrons. The summed E-state index contributed by atoms with van der Waals surface area (Å²) in [6, 6.07) is 14.9. The fraction of sp³-hybridized carbons (Fsp3) is 0.150. The Morgan fingerprint density at radius 1 is 1.10 bits per heavy atom. The summed E-state index contributed by atoms with van der Waals surface area (Å²) < 4.78 is 0. The third-order valence-corrected chi connectivity index (χ3v) is 4.51. The van der Waals surface area contributed by atoms with Gasteiger partial charge >= 0.3 is 6.03 Å². The van der Waals surface area contributed by atoms with Crippen molar-refractivity contribution in [2.24, 2.45) is 0 Å². The summed E-state index contributed by atoms with van der Waals surface area (Å²) in [5.74, 6) is -0.208. The van der Waals surface area contributed by atoms with Crippen molar-refractivity contribution in [1.82, 2.24) is 25.4 Å². The van der Waals surface area contributed by atoms with Crippen molar-refractivity contribution in [3.05, 3.63) is 66.5 Å². The van der Waals surface area contributed by atoms with E-state index >= 15 is 0 Å². The van der Waals surface area contributed by atoms with Gasteiger partial charge in [0.2, 0.25) is 5.91 Å². The van der Waals surface area contributed by atoms with Crippen molar-refractivity contribution >= 4 is 23.5 Å². The predicted molar refractivity (Wildman–Crippen MR) is 104 cm³/mol. The maximum absolute atomic E-state index is 12.6. The highest BCUT2D eigenvalue weighted by molar-refractivity contribution is 6.06. The lowest BCUT2D eigenvalue weighted by Crippen LogP contribution is -2.34. The number of benzene rings is 2. The molecule has 0 spiro atoms. The zero-order valence-corrected chi connectivity index (χ0v) is 15.3. The Kier molecular flexibility index (Phi) is 5.02. The first kappa shape index (κ1) is 18.4. The highest BCUT2D eigenvalue weighted by Crippen LogP contribution is 2.19. The smallest absolute Gasteiger partial charge is 0.325 e. The number of hydrogen-bond donors (Lipinski definition) is 3. The number of imide groups is 1. The second-order valence-corrected chi connectivity index (χ2v) is 6.58. The minimum atomic E-state index is -0.885. The normalized spacial score (nSPS) is 16.0. The van der Waals surface area contributed by atoms with E-state index in [0.29, 0.717) is 11.5 Å². The van der Waals surface area contributed by atoms with Crippen molar-refractivity contribution in [2.45, 2.75) is 19.0 Å². The molecule has 2 heterocycles. The molecule has 0 saturated carbocycles. The van der Waals surface area contributed by atoms with E-state index in [9.17, 15) is 14.4 Å². The SMILES string of the molecule is O=C(CC1NC(=O)N(Cc2ccccc2)C1=O)Nc1cccc(-c2ncn[nH]2)c1. The van der Waals surface area contributed by atoms with Crippen LogP contribution in [0.15, 0.2) is 60.9 Å². The monoisotopic (exact) mass is 390 g/mol. The van der Waals surface area contributed by atoms with Crippen molar-refractivity contribution in [1.29, 1.82) is 0 Å². The van der Waals surface area contributed by atoms with E-state index in [1.807, 2.05) is 36.4 Å². The van der Waals surface area contributed by atoms with Gasteiger partial charge in [0.05, 0.1) is 13.0 Å². The molecule has 2 aromatic carbocycles. The van der Waals surface area contributed by atoms with E-state index in [1.165, 1.54) is 6.33 Å². The zero-order valence-electron chi connectivity index (χ0n) is 15.3. The summed E-state index contributed by atoms with van der Waals surface area (Å²) in [5.41, 5.74) is 2.16. The standard InChI is InChI=1S/C20H18N6O3/c27-17(23-15-8-4-7-14(9-15)18-21-12-22-25-18)10-16-19(28)26(20(29)24-16)11-13-5-2-1-3-6-13/h1-9,12,16H,10-11H2,(H,23,27)(H,24,29)(H,21,22,25). The van der Waals surface area contributed by atoms with Crippen molar-refractivity contribution < 1.29 is 14.4 Å². The topological polar surface area (TPSA) is 120 Å². The number of hydrogen-bond acceptors (Lipinski definition) is 5. The summed E-state index contributed by atoms with van der Waals surface area (Å²) in [5, 5.41) is 11.9. The number of aromatic amines is 1. The highest BCUT2D eigenvalue weighted by Gasteiger charge is 2.38. The van der Waals surface area contributed by atoms with Gasteiger partial charge in [-0.1, -0.05) is 42.5 Å². The average molecular weight is 390 g/mol. The molecule has 29 heavy (non-hydrogen) atoms. The first-order chi connectivity index (χ1) is 14.1. The van der Waals surface area contributed by atoms with Gasteiger partial charge in [0.25, 0.3) is 5.91 Å². The summed E-state index contributed by atoms with van der Waals surface area (Å²) >= 11 is 0. The van der Waals surface area contributed by atoms with E-state index in [0.717, 1.165) is 16.0 Å². The Morgan fingerprint density at radius 2 is 1.93 bits per heavy atom. The number of urea groups is 1. The van der Waals surface area contributed by atoms with Gasteiger partial charge in [0.1, 0.15) is 12.4 Å². The van der Waals surface area contributed by atoms with Crippen LogP contribution in [-0.2, 0) is 16.1 Å². The van der Waals surface area contributed by atoms with Crippen LogP contribution in [0.25, 0.3) is 11.4 Å². The number of amides is 4. The molecule has 4 amide bonds. The molecule has 1 aromatic heterocycles. The molecule has 146 valence electrons. The molecular weight excluding hydrogens is 372 g/mol. The minimum Gasteiger partial charge on any atom is -0.326 e. The fourth-order valence-electron chi connectivity index (χ4n) is 3.12. The third-order valence-electron chi connectivity index (χ3n) is 4.51. The maximum Gasteiger partial charge on any atom is 0.325 e. The van der Waals surface area contributed by atoms with E-state index in [2.05, 4.69) is 25.8 Å². The quantitative estimate of drug-likeness (QED) is 0.556. The number of rotatable bonds is 6. The number of carbonyl (C=O) groups is 3. The van der Waals surface area contributed by atoms with Crippen molar-refractivity contribution in [2.75, 3.05) is 5.32 Å². The second kappa shape index (κ2) is 7.93. The molecule has 9 nitrogen and oxygen atoms in total. The largest absolute Gasteiger partial charge is 0.326 e. The number of nitrogens with one attached hydrogen (secondary N) is 3. The minimum absolute atomic E-state index is 0.150. The molecule has 3 aromatic rings. The number of carbonyl (C=O) groups excluding carboxylic acids is 3. The first-order valence-corrected chi connectivity index (χ1v) is 9.01. The van der Waals surface area contributed by atoms with Gasteiger partial charge in [-0.3, -0.25) is 19.6 Å². The van der Waals surface area contributed by atoms with Crippen LogP contribution in [0.5, 0.6) is 0 Å². The Hall–Kier alpha value is -4.01. The lowest BCUT2D eigenvalue weighted by atomic mass is 10.1. The van der Waals surface area contributed by atoms with Crippen LogP contribution in [0.1, 0.15) is 12.0 Å². The predicted octanol–water partition coefficient (Wildman–Crippen LogP) is 1.92. The van der Waals surface area contributed by atoms with E-state index in [1.54, 1.807) is 18.2 Å². The van der Waals surface area contributed by atoms with Gasteiger partial charge in [0.15, 0.2) is 5.82 Å². The Morgan fingerprint density at radius 3 is 2.69 bits per heavy atom. The molecule has 0 aliphatic carbocycles. The lowest BCUT2D eigenvalue weighted by molar-refractivity contribution is -0.130. The van der Waals surface area contributed by atoms with Crippen LogP contribution < -0.4 is 10.6 Å². The Labute approximate surface area is 166 Å². The maximum atomic E-state index is 12.6. The highest BCUT2D eigenvalue weighted by atomic mass is 16.2. The molecule has 1 atom stereocenters. The summed E-state index contributed by atoms with van der Waals surface area (Å²) in [6.45, 7) is 0.169. The fourth-order valence-corrected chi connectivity index (χ4v) is 3.12. The van der Waals surface area contributed by atoms with Crippen LogP contribution >= 0.6 is 0 Å². The van der Waals surface area contributed by atoms with Gasteiger partial charge < -0.3 is 10.6 Å². The molecule has 1 fully saturated rings. The Balaban J connectivity index is 1.38. The molecule has 1 aliphatic heterocycles. The van der Waals surface area contributed by atoms with Crippen LogP contribution in [0.4, 0.5) is 10.5 Å². The molecule has 4 rings (SSSR count). The van der Waals surface area contributed by atoms with E-state index in [4.69, 9.17) is 0 Å². The van der Waals surface area contributed by atoms with E-state index < -0.39 is 18.0 Å². The number of H-pyrrole nitrogens is 1. The molecule has 0 bridgehead atoms. The van der Waals surface area contributed by atoms with Gasteiger partial charge in [-0.2, -0.15) is 5.10 Å². The van der Waals surface area contributed by atoms with Gasteiger partial charge in [-0.25, -0.2) is 9.78 Å². The van der Waals surface area contributed by atoms with Crippen LogP contribution in [0.3, 0.4) is 0 Å². The molecule has 1 unspecified atom stereocenters. The van der Waals surface area contributed by atoms with Gasteiger partial charge in [0, 0.05) is 11.3 Å². The van der Waals surface area contributed by atoms with Crippen LogP contribution in [0.2, 0.25) is 0 Å². The zero-order chi connectivity index (χ0) is 20.2. The van der Waals surface area contributed by atoms with Crippen LogP contribution in [0, 0.1) is 0 Å². The number of nitrogens with zero attached hydrogens (tertiary/aromatic N) is 3. The number of anilines is 1. The van der Waals surface area contributed by atoms with Gasteiger partial charge in [-0.15, -0.1) is 0 Å². The number of aromatic nitrogens is 3. The van der Waals surface area contributed by atoms with E-state index in [-0.39, 0.29) is 18.9 Å². The molecule has 3 N–H and O–H groups in total. The summed E-state index contributed by atoms with van der Waals surface area (Å²) in [4.78, 5) is 42.3. The Bertz CT molecular complexity index is 1040. The molecular formula is C20H18N6O3. The summed E-state index contributed by atoms with van der Waals surface area (Å²) in [7, 11) is 0. The van der Waals surface area contributed by atoms with Crippen molar-refractivity contribution in [3.8, 4) is 11.4 Å². The van der Waals surface area contributed by atoms with Crippen molar-refractivity contribution in [3.63, 3.8) is 0 Å². The first-order valence-electron chi connectivity index (χ1n) is 9.01.